The fourth-order valence-corrected chi connectivity index (χ4v) is 2.46. The molecule has 0 spiro atoms. The minimum atomic E-state index is -0.340. The molecule has 0 aliphatic carbocycles. The van der Waals surface area contributed by atoms with Crippen LogP contribution in [0.2, 0.25) is 0 Å². The molecule has 0 saturated carbocycles. The Bertz CT molecular complexity index is 426. The van der Waals surface area contributed by atoms with Crippen LogP contribution in [0.15, 0.2) is 0 Å². The van der Waals surface area contributed by atoms with Crippen molar-refractivity contribution in [3.8, 4) is 0 Å². The highest BCUT2D eigenvalue weighted by atomic mass is 16.2. The van der Waals surface area contributed by atoms with Crippen LogP contribution in [0.3, 0.4) is 0 Å². The Labute approximate surface area is 126 Å². The van der Waals surface area contributed by atoms with Crippen molar-refractivity contribution in [1.29, 1.82) is 0 Å². The molecule has 1 N–H and O–H groups in total. The fraction of sp³-hybridized carbons (Fsp3) is 0.800. The van der Waals surface area contributed by atoms with Gasteiger partial charge in [-0.3, -0.25) is 14.4 Å². The third-order valence-electron chi connectivity index (χ3n) is 3.40. The van der Waals surface area contributed by atoms with E-state index in [1.165, 1.54) is 4.90 Å². The molecule has 1 rings (SSSR count). The van der Waals surface area contributed by atoms with Gasteiger partial charge in [-0.1, -0.05) is 0 Å². The Hall–Kier alpha value is -1.59. The summed E-state index contributed by atoms with van der Waals surface area (Å²) in [6.07, 6.45) is 0.238. The molecule has 6 heteroatoms. The normalized spacial score (nSPS) is 19.1. The van der Waals surface area contributed by atoms with Gasteiger partial charge in [-0.05, 0) is 34.6 Å². The zero-order chi connectivity index (χ0) is 16.4. The van der Waals surface area contributed by atoms with Crippen molar-refractivity contribution >= 4 is 17.7 Å². The standard InChI is InChI=1S/C15H27N3O3/c1-10(2)18-8-11(7-13(18)20)14(21)17(6)9-12(19)16-15(3,4)5/h10-11H,7-9H2,1-6H3,(H,16,19)/t11-/m0/s1. The van der Waals surface area contributed by atoms with Gasteiger partial charge in [0, 0.05) is 31.6 Å². The smallest absolute Gasteiger partial charge is 0.240 e. The molecule has 1 saturated heterocycles. The Kier molecular flexibility index (Phi) is 5.36. The van der Waals surface area contributed by atoms with Crippen molar-refractivity contribution in [2.75, 3.05) is 20.1 Å². The van der Waals surface area contributed by atoms with Crippen LogP contribution < -0.4 is 5.32 Å². The van der Waals surface area contributed by atoms with E-state index in [1.54, 1.807) is 11.9 Å². The number of amides is 3. The maximum atomic E-state index is 12.3. The molecule has 0 aromatic carbocycles. The molecule has 0 aromatic rings. The summed E-state index contributed by atoms with van der Waals surface area (Å²) in [6, 6.07) is 0.102. The fourth-order valence-electron chi connectivity index (χ4n) is 2.46. The molecule has 6 nitrogen and oxygen atoms in total. The number of rotatable bonds is 4. The van der Waals surface area contributed by atoms with Crippen molar-refractivity contribution in [2.45, 2.75) is 52.6 Å². The number of carbonyl (C=O) groups is 3. The minimum Gasteiger partial charge on any atom is -0.350 e. The van der Waals surface area contributed by atoms with Gasteiger partial charge in [-0.2, -0.15) is 0 Å². The van der Waals surface area contributed by atoms with Crippen molar-refractivity contribution < 1.29 is 14.4 Å². The lowest BCUT2D eigenvalue weighted by atomic mass is 10.1. The summed E-state index contributed by atoms with van der Waals surface area (Å²) in [5, 5.41) is 2.82. The third kappa shape index (κ3) is 5.02. The first-order valence-corrected chi connectivity index (χ1v) is 7.36. The molecule has 0 bridgehead atoms. The summed E-state index contributed by atoms with van der Waals surface area (Å²) in [4.78, 5) is 39.1. The van der Waals surface area contributed by atoms with E-state index in [4.69, 9.17) is 0 Å². The second kappa shape index (κ2) is 6.45. The molecule has 120 valence electrons. The van der Waals surface area contributed by atoms with Crippen LogP contribution in [0, 0.1) is 5.92 Å². The van der Waals surface area contributed by atoms with Gasteiger partial charge >= 0.3 is 0 Å². The van der Waals surface area contributed by atoms with Gasteiger partial charge in [0.2, 0.25) is 17.7 Å². The highest BCUT2D eigenvalue weighted by Crippen LogP contribution is 2.21. The first-order valence-electron chi connectivity index (χ1n) is 7.36. The molecule has 1 aliphatic rings. The zero-order valence-corrected chi connectivity index (χ0v) is 13.9. The monoisotopic (exact) mass is 297 g/mol. The van der Waals surface area contributed by atoms with Crippen molar-refractivity contribution in [3.05, 3.63) is 0 Å². The molecule has 1 fully saturated rings. The number of likely N-dealkylation sites (tertiary alicyclic amines) is 1. The average Bonchev–Trinajstić information content (AvgIpc) is 2.67. The summed E-state index contributed by atoms with van der Waals surface area (Å²) >= 11 is 0. The summed E-state index contributed by atoms with van der Waals surface area (Å²) in [6.45, 7) is 10.0. The van der Waals surface area contributed by atoms with Gasteiger partial charge in [0.15, 0.2) is 0 Å². The van der Waals surface area contributed by atoms with E-state index in [-0.39, 0.29) is 48.2 Å². The Morgan fingerprint density at radius 1 is 1.38 bits per heavy atom. The Morgan fingerprint density at radius 3 is 2.38 bits per heavy atom. The molecular weight excluding hydrogens is 270 g/mol. The molecular formula is C15H27N3O3. The zero-order valence-electron chi connectivity index (χ0n) is 13.9. The van der Waals surface area contributed by atoms with E-state index in [1.807, 2.05) is 34.6 Å². The molecule has 0 aromatic heterocycles. The van der Waals surface area contributed by atoms with Crippen LogP contribution in [-0.4, -0.2) is 59.2 Å². The molecule has 1 heterocycles. The van der Waals surface area contributed by atoms with Crippen LogP contribution in [0.25, 0.3) is 0 Å². The molecule has 21 heavy (non-hydrogen) atoms. The Morgan fingerprint density at radius 2 is 1.95 bits per heavy atom. The van der Waals surface area contributed by atoms with Crippen LogP contribution in [-0.2, 0) is 14.4 Å². The SMILES string of the molecule is CC(C)N1C[C@@H](C(=O)N(C)CC(=O)NC(C)(C)C)CC1=O. The largest absolute Gasteiger partial charge is 0.350 e. The highest BCUT2D eigenvalue weighted by Gasteiger charge is 2.37. The van der Waals surface area contributed by atoms with E-state index < -0.39 is 0 Å². The van der Waals surface area contributed by atoms with Gasteiger partial charge in [0.25, 0.3) is 0 Å². The molecule has 0 unspecified atom stereocenters. The lowest BCUT2D eigenvalue weighted by Gasteiger charge is -2.25. The van der Waals surface area contributed by atoms with Gasteiger partial charge in [0.1, 0.15) is 0 Å². The first kappa shape index (κ1) is 17.5. The van der Waals surface area contributed by atoms with Crippen LogP contribution in [0.5, 0.6) is 0 Å². The first-order chi connectivity index (χ1) is 9.51. The van der Waals surface area contributed by atoms with E-state index in [2.05, 4.69) is 5.32 Å². The van der Waals surface area contributed by atoms with E-state index in [0.29, 0.717) is 6.54 Å². The second-order valence-electron chi connectivity index (χ2n) is 7.03. The number of carbonyl (C=O) groups excluding carboxylic acids is 3. The lowest BCUT2D eigenvalue weighted by Crippen LogP contribution is -2.47. The lowest BCUT2D eigenvalue weighted by molar-refractivity contribution is -0.138. The number of nitrogens with zero attached hydrogens (tertiary/aromatic N) is 2. The molecule has 1 aliphatic heterocycles. The second-order valence-corrected chi connectivity index (χ2v) is 7.03. The van der Waals surface area contributed by atoms with Crippen molar-refractivity contribution in [2.24, 2.45) is 5.92 Å². The van der Waals surface area contributed by atoms with E-state index in [9.17, 15) is 14.4 Å². The summed E-state index contributed by atoms with van der Waals surface area (Å²) in [7, 11) is 1.60. The highest BCUT2D eigenvalue weighted by molar-refractivity contribution is 5.91. The summed E-state index contributed by atoms with van der Waals surface area (Å²) in [5.41, 5.74) is -0.321. The topological polar surface area (TPSA) is 69.7 Å². The maximum Gasteiger partial charge on any atom is 0.240 e. The van der Waals surface area contributed by atoms with Gasteiger partial charge in [-0.15, -0.1) is 0 Å². The van der Waals surface area contributed by atoms with E-state index in [0.717, 1.165) is 0 Å². The van der Waals surface area contributed by atoms with Gasteiger partial charge in [-0.25, -0.2) is 0 Å². The number of likely N-dealkylation sites (N-methyl/N-ethyl adjacent to an activating group) is 1. The molecule has 3 amide bonds. The third-order valence-corrected chi connectivity index (χ3v) is 3.40. The van der Waals surface area contributed by atoms with Crippen molar-refractivity contribution in [3.63, 3.8) is 0 Å². The van der Waals surface area contributed by atoms with Crippen LogP contribution >= 0.6 is 0 Å². The quantitative estimate of drug-likeness (QED) is 0.827. The van der Waals surface area contributed by atoms with Gasteiger partial charge < -0.3 is 15.1 Å². The minimum absolute atomic E-state index is 0.0101. The predicted octanol–water partition coefficient (Wildman–Crippen LogP) is 0.616. The van der Waals surface area contributed by atoms with Crippen LogP contribution in [0.1, 0.15) is 41.0 Å². The number of hydrogen-bond acceptors (Lipinski definition) is 3. The summed E-state index contributed by atoms with van der Waals surface area (Å²) < 4.78 is 0. The molecule has 1 atom stereocenters. The number of hydrogen-bond donors (Lipinski definition) is 1. The predicted molar refractivity (Wildman–Crippen MR) is 80.5 cm³/mol. The van der Waals surface area contributed by atoms with Crippen molar-refractivity contribution in [1.82, 2.24) is 15.1 Å². The van der Waals surface area contributed by atoms with E-state index >= 15 is 0 Å². The van der Waals surface area contributed by atoms with Gasteiger partial charge in [0.05, 0.1) is 12.5 Å². The Balaban J connectivity index is 2.56. The summed E-state index contributed by atoms with van der Waals surface area (Å²) in [5.74, 6) is -0.665. The molecule has 0 radical (unpaired) electrons. The number of nitrogens with one attached hydrogen (secondary N) is 1. The van der Waals surface area contributed by atoms with Crippen LogP contribution in [0.4, 0.5) is 0 Å². The average molecular weight is 297 g/mol. The maximum absolute atomic E-state index is 12.3.